The van der Waals surface area contributed by atoms with Crippen LogP contribution in [-0.2, 0) is 16.8 Å². The van der Waals surface area contributed by atoms with Crippen LogP contribution in [-0.4, -0.2) is 15.7 Å². The predicted octanol–water partition coefficient (Wildman–Crippen LogP) is 5.74. The minimum absolute atomic E-state index is 0.173. The quantitative estimate of drug-likeness (QED) is 0.346. The number of hydrogen-bond donors (Lipinski definition) is 2. The molecule has 1 aromatic heterocycles. The van der Waals surface area contributed by atoms with Gasteiger partial charge in [0.05, 0.1) is 12.0 Å². The molecule has 6 nitrogen and oxygen atoms in total. The van der Waals surface area contributed by atoms with Gasteiger partial charge in [-0.05, 0) is 73.5 Å². The lowest BCUT2D eigenvalue weighted by molar-refractivity contribution is -0.120. The lowest BCUT2D eigenvalue weighted by Gasteiger charge is -2.24. The molecule has 1 heterocycles. The summed E-state index contributed by atoms with van der Waals surface area (Å²) in [6.45, 7) is 3.88. The van der Waals surface area contributed by atoms with Gasteiger partial charge in [0.1, 0.15) is 5.82 Å². The highest BCUT2D eigenvalue weighted by atomic mass is 35.5. The Hall–Kier alpha value is -3.97. The van der Waals surface area contributed by atoms with Gasteiger partial charge in [-0.25, -0.2) is 9.07 Å². The zero-order valence-electron chi connectivity index (χ0n) is 19.3. The van der Waals surface area contributed by atoms with E-state index in [2.05, 4.69) is 15.7 Å². The summed E-state index contributed by atoms with van der Waals surface area (Å²) in [6, 6.07) is 23.4. The van der Waals surface area contributed by atoms with E-state index in [1.807, 2.05) is 32.0 Å². The first-order valence-electron chi connectivity index (χ1n) is 11.0. The maximum Gasteiger partial charge on any atom is 0.267 e. The Morgan fingerprint density at radius 1 is 0.971 bits per heavy atom. The second-order valence-electron chi connectivity index (χ2n) is 8.64. The highest BCUT2D eigenvalue weighted by molar-refractivity contribution is 6.30. The highest BCUT2D eigenvalue weighted by Gasteiger charge is 2.29. The summed E-state index contributed by atoms with van der Waals surface area (Å²) in [5.74, 6) is -0.139. The molecule has 0 aliphatic heterocycles. The molecule has 2 N–H and O–H groups in total. The van der Waals surface area contributed by atoms with Gasteiger partial charge >= 0.3 is 0 Å². The maximum atomic E-state index is 13.5. The van der Waals surface area contributed by atoms with E-state index in [0.29, 0.717) is 22.2 Å². The molecule has 1 amide bonds. The number of carbonyl (C=O) groups is 1. The van der Waals surface area contributed by atoms with Crippen LogP contribution in [0.15, 0.2) is 89.7 Å². The Balaban J connectivity index is 1.50. The fraction of sp³-hybridized carbons (Fsp3) is 0.148. The number of nitrogens with one attached hydrogen (secondary N) is 2. The summed E-state index contributed by atoms with van der Waals surface area (Å²) >= 11 is 5.97. The van der Waals surface area contributed by atoms with Gasteiger partial charge in [0.2, 0.25) is 5.91 Å². The van der Waals surface area contributed by atoms with Crippen molar-refractivity contribution in [3.63, 3.8) is 0 Å². The van der Waals surface area contributed by atoms with Crippen molar-refractivity contribution in [2.75, 3.05) is 10.6 Å². The van der Waals surface area contributed by atoms with Crippen LogP contribution in [0.1, 0.15) is 25.0 Å². The molecule has 0 saturated carbocycles. The van der Waals surface area contributed by atoms with E-state index in [9.17, 15) is 14.0 Å². The van der Waals surface area contributed by atoms with Crippen molar-refractivity contribution in [3.8, 4) is 0 Å². The minimum Gasteiger partial charge on any atom is -0.339 e. The zero-order chi connectivity index (χ0) is 25.0. The number of rotatable bonds is 7. The lowest BCUT2D eigenvalue weighted by atomic mass is 9.83. The summed E-state index contributed by atoms with van der Waals surface area (Å²) in [7, 11) is 0. The third-order valence-electron chi connectivity index (χ3n) is 5.61. The first-order valence-corrected chi connectivity index (χ1v) is 11.4. The van der Waals surface area contributed by atoms with Crippen LogP contribution in [0.3, 0.4) is 0 Å². The number of hydrogen-bond acceptors (Lipinski definition) is 4. The molecule has 4 aromatic rings. The fourth-order valence-corrected chi connectivity index (χ4v) is 3.67. The number of amides is 1. The summed E-state index contributed by atoms with van der Waals surface area (Å²) in [6.07, 6.45) is 0. The summed E-state index contributed by atoms with van der Waals surface area (Å²) in [5, 5.41) is 10.9. The van der Waals surface area contributed by atoms with Crippen molar-refractivity contribution in [1.29, 1.82) is 0 Å². The van der Waals surface area contributed by atoms with Crippen LogP contribution in [0.25, 0.3) is 0 Å². The normalized spacial score (nSPS) is 11.2. The van der Waals surface area contributed by atoms with Gasteiger partial charge in [0.25, 0.3) is 5.56 Å². The summed E-state index contributed by atoms with van der Waals surface area (Å²) in [4.78, 5) is 25.4. The number of anilines is 3. The fourth-order valence-electron chi connectivity index (χ4n) is 3.55. The molecule has 178 valence electrons. The van der Waals surface area contributed by atoms with E-state index < -0.39 is 5.41 Å². The third kappa shape index (κ3) is 5.94. The number of nitrogens with zero attached hydrogens (tertiary/aromatic N) is 2. The monoisotopic (exact) mass is 490 g/mol. The molecule has 0 aliphatic carbocycles. The van der Waals surface area contributed by atoms with Crippen LogP contribution in [0.5, 0.6) is 0 Å². The molecule has 0 aliphatic rings. The standard InChI is InChI=1S/C27H24ClFN4O2/c1-27(2,19-9-11-20(28)12-10-19)26(35)31-22-7-3-5-18(15-22)17-33-25(34)14-13-24(32-33)30-23-8-4-6-21(29)16-23/h3-16H,17H2,1-2H3,(H,30,32)(H,31,35). The molecule has 0 unspecified atom stereocenters. The number of aromatic nitrogens is 2. The average Bonchev–Trinajstić information content (AvgIpc) is 2.82. The molecule has 8 heteroatoms. The summed E-state index contributed by atoms with van der Waals surface area (Å²) < 4.78 is 14.8. The van der Waals surface area contributed by atoms with Crippen molar-refractivity contribution in [3.05, 3.63) is 117 Å². The largest absolute Gasteiger partial charge is 0.339 e. The van der Waals surface area contributed by atoms with E-state index in [1.54, 1.807) is 48.5 Å². The smallest absolute Gasteiger partial charge is 0.267 e. The molecule has 0 atom stereocenters. The zero-order valence-corrected chi connectivity index (χ0v) is 20.0. The number of halogens is 2. The molecule has 35 heavy (non-hydrogen) atoms. The van der Waals surface area contributed by atoms with E-state index in [4.69, 9.17) is 11.6 Å². The van der Waals surface area contributed by atoms with Gasteiger partial charge in [0.15, 0.2) is 5.82 Å². The second kappa shape index (κ2) is 10.1. The Kier molecular flexibility index (Phi) is 6.98. The molecule has 0 saturated heterocycles. The van der Waals surface area contributed by atoms with Crippen LogP contribution < -0.4 is 16.2 Å². The van der Waals surface area contributed by atoms with Crippen molar-refractivity contribution < 1.29 is 9.18 Å². The Bertz CT molecular complexity index is 1420. The van der Waals surface area contributed by atoms with Crippen molar-refractivity contribution in [1.82, 2.24) is 9.78 Å². The van der Waals surface area contributed by atoms with Crippen LogP contribution in [0.4, 0.5) is 21.6 Å². The van der Waals surface area contributed by atoms with Gasteiger partial charge < -0.3 is 10.6 Å². The first-order chi connectivity index (χ1) is 16.7. The lowest BCUT2D eigenvalue weighted by Crippen LogP contribution is -2.34. The van der Waals surface area contributed by atoms with Gasteiger partial charge in [0, 0.05) is 22.5 Å². The highest BCUT2D eigenvalue weighted by Crippen LogP contribution is 2.27. The molecule has 0 radical (unpaired) electrons. The van der Waals surface area contributed by atoms with Gasteiger partial charge in [-0.2, -0.15) is 5.10 Å². The van der Waals surface area contributed by atoms with E-state index in [-0.39, 0.29) is 23.8 Å². The molecular weight excluding hydrogens is 467 g/mol. The predicted molar refractivity (Wildman–Crippen MR) is 137 cm³/mol. The average molecular weight is 491 g/mol. The topological polar surface area (TPSA) is 76.0 Å². The minimum atomic E-state index is -0.782. The molecular formula is C27H24ClFN4O2. The Morgan fingerprint density at radius 2 is 1.69 bits per heavy atom. The number of carbonyl (C=O) groups excluding carboxylic acids is 1. The van der Waals surface area contributed by atoms with Crippen LogP contribution in [0.2, 0.25) is 5.02 Å². The third-order valence-corrected chi connectivity index (χ3v) is 5.87. The maximum absolute atomic E-state index is 13.5. The van der Waals surface area contributed by atoms with Crippen molar-refractivity contribution in [2.45, 2.75) is 25.8 Å². The Morgan fingerprint density at radius 3 is 2.43 bits per heavy atom. The van der Waals surface area contributed by atoms with Crippen LogP contribution >= 0.6 is 11.6 Å². The van der Waals surface area contributed by atoms with E-state index in [1.165, 1.54) is 22.9 Å². The SMILES string of the molecule is CC(C)(C(=O)Nc1cccc(Cn2nc(Nc3cccc(F)c3)ccc2=O)c1)c1ccc(Cl)cc1. The molecule has 0 fully saturated rings. The van der Waals surface area contributed by atoms with Gasteiger partial charge in [-0.3, -0.25) is 9.59 Å². The second-order valence-corrected chi connectivity index (χ2v) is 9.07. The van der Waals surface area contributed by atoms with Crippen molar-refractivity contribution >= 4 is 34.7 Å². The molecule has 0 bridgehead atoms. The summed E-state index contributed by atoms with van der Waals surface area (Å²) in [5.41, 5.74) is 1.69. The molecule has 3 aromatic carbocycles. The van der Waals surface area contributed by atoms with E-state index >= 15 is 0 Å². The van der Waals surface area contributed by atoms with Crippen molar-refractivity contribution in [2.24, 2.45) is 0 Å². The van der Waals surface area contributed by atoms with Crippen LogP contribution in [0, 0.1) is 5.82 Å². The van der Waals surface area contributed by atoms with E-state index in [0.717, 1.165) is 11.1 Å². The van der Waals surface area contributed by atoms with Gasteiger partial charge in [-0.1, -0.05) is 41.9 Å². The van der Waals surface area contributed by atoms with Gasteiger partial charge in [-0.15, -0.1) is 0 Å². The molecule has 4 rings (SSSR count). The molecule has 0 spiro atoms. The Labute approximate surface area is 207 Å². The number of benzene rings is 3. The first kappa shape index (κ1) is 24.2.